The third-order valence-electron chi connectivity index (χ3n) is 3.02. The molecule has 0 radical (unpaired) electrons. The highest BCUT2D eigenvalue weighted by Crippen LogP contribution is 2.36. The van der Waals surface area contributed by atoms with Crippen LogP contribution in [0, 0.1) is 11.3 Å². The van der Waals surface area contributed by atoms with Gasteiger partial charge in [0.05, 0.1) is 26.7 Å². The minimum Gasteiger partial charge on any atom is -0.486 e. The summed E-state index contributed by atoms with van der Waals surface area (Å²) in [4.78, 5) is 0. The molecule has 0 heterocycles. The Labute approximate surface area is 160 Å². The van der Waals surface area contributed by atoms with Crippen molar-refractivity contribution in [2.24, 2.45) is 0 Å². The molecule has 0 unspecified atom stereocenters. The zero-order valence-corrected chi connectivity index (χ0v) is 15.3. The van der Waals surface area contributed by atoms with Crippen LogP contribution < -0.4 is 4.74 Å². The first-order valence-electron chi connectivity index (χ1n) is 6.76. The van der Waals surface area contributed by atoms with E-state index in [4.69, 9.17) is 51.1 Å². The normalized spacial score (nSPS) is 11.0. The number of rotatable bonds is 5. The Morgan fingerprint density at radius 1 is 1.08 bits per heavy atom. The van der Waals surface area contributed by atoms with Gasteiger partial charge in [-0.25, -0.2) is 0 Å². The summed E-state index contributed by atoms with van der Waals surface area (Å²) >= 11 is 24.4. The Kier molecular flexibility index (Phi) is 6.60. The Hall–Kier alpha value is -1.63. The lowest BCUT2D eigenvalue weighted by Gasteiger charge is -2.09. The summed E-state index contributed by atoms with van der Waals surface area (Å²) < 4.78 is 5.42. The molecular formula is C18H11Cl4NO. The van der Waals surface area contributed by atoms with Crippen LogP contribution in [0.4, 0.5) is 0 Å². The molecule has 2 aromatic rings. The van der Waals surface area contributed by atoms with Gasteiger partial charge in [0.2, 0.25) is 0 Å². The van der Waals surface area contributed by atoms with Gasteiger partial charge in [0.25, 0.3) is 0 Å². The third-order valence-corrected chi connectivity index (χ3v) is 4.13. The van der Waals surface area contributed by atoms with Crippen LogP contribution in [-0.2, 0) is 0 Å². The highest BCUT2D eigenvalue weighted by atomic mass is 35.5. The average Bonchev–Trinajstić information content (AvgIpc) is 2.52. The highest BCUT2D eigenvalue weighted by Gasteiger charge is 2.11. The van der Waals surface area contributed by atoms with Gasteiger partial charge in [-0.05, 0) is 35.9 Å². The first-order valence-corrected chi connectivity index (χ1v) is 8.27. The van der Waals surface area contributed by atoms with E-state index in [9.17, 15) is 5.26 Å². The van der Waals surface area contributed by atoms with E-state index in [0.717, 1.165) is 0 Å². The molecule has 6 heteroatoms. The van der Waals surface area contributed by atoms with Gasteiger partial charge < -0.3 is 4.74 Å². The van der Waals surface area contributed by atoms with Crippen LogP contribution in [-0.4, -0.2) is 6.61 Å². The number of ether oxygens (including phenoxy) is 1. The smallest absolute Gasteiger partial charge is 0.156 e. The summed E-state index contributed by atoms with van der Waals surface area (Å²) in [5.74, 6) is 0.374. The topological polar surface area (TPSA) is 33.0 Å². The number of hydrogen-bond donors (Lipinski definition) is 0. The van der Waals surface area contributed by atoms with Gasteiger partial charge in [-0.15, -0.1) is 0 Å². The van der Waals surface area contributed by atoms with E-state index in [-0.39, 0.29) is 0 Å². The summed E-state index contributed by atoms with van der Waals surface area (Å²) in [5, 5.41) is 11.0. The summed E-state index contributed by atoms with van der Waals surface area (Å²) in [6.45, 7) is 3.86. The molecule has 122 valence electrons. The number of halogens is 4. The molecule has 0 atom stereocenters. The van der Waals surface area contributed by atoms with E-state index in [0.29, 0.717) is 49.1 Å². The standard InChI is InChI=1S/C18H11Cl4NO/c1-2-5-24-18-16(21)7-11(8-17(18)22)6-12(10-23)14-4-3-13(19)9-15(14)20/h2-4,6-9H,1,5H2/b12-6+. The lowest BCUT2D eigenvalue weighted by Crippen LogP contribution is -1.95. The van der Waals surface area contributed by atoms with Gasteiger partial charge >= 0.3 is 0 Å². The summed E-state index contributed by atoms with van der Waals surface area (Å²) in [6.07, 6.45) is 3.24. The Morgan fingerprint density at radius 2 is 1.75 bits per heavy atom. The fourth-order valence-electron chi connectivity index (χ4n) is 1.99. The predicted molar refractivity (Wildman–Crippen MR) is 102 cm³/mol. The van der Waals surface area contributed by atoms with Crippen molar-refractivity contribution >= 4 is 58.1 Å². The first kappa shape index (κ1) is 18.7. The maximum absolute atomic E-state index is 9.43. The van der Waals surface area contributed by atoms with Crippen molar-refractivity contribution in [1.82, 2.24) is 0 Å². The molecule has 0 fully saturated rings. The van der Waals surface area contributed by atoms with E-state index in [2.05, 4.69) is 12.6 Å². The average molecular weight is 399 g/mol. The SMILES string of the molecule is C=CCOc1c(Cl)cc(/C=C(\C#N)c2ccc(Cl)cc2Cl)cc1Cl. The van der Waals surface area contributed by atoms with Gasteiger partial charge in [-0.2, -0.15) is 5.26 Å². The van der Waals surface area contributed by atoms with Crippen LogP contribution in [0.25, 0.3) is 11.6 Å². The van der Waals surface area contributed by atoms with Crippen LogP contribution in [0.15, 0.2) is 43.0 Å². The molecule has 0 aromatic heterocycles. The molecular weight excluding hydrogens is 388 g/mol. The second kappa shape index (κ2) is 8.46. The lowest BCUT2D eigenvalue weighted by molar-refractivity contribution is 0.363. The molecule has 0 aliphatic heterocycles. The van der Waals surface area contributed by atoms with Crippen LogP contribution in [0.5, 0.6) is 5.75 Å². The molecule has 0 amide bonds. The van der Waals surface area contributed by atoms with Crippen molar-refractivity contribution in [3.63, 3.8) is 0 Å². The molecule has 0 aliphatic carbocycles. The van der Waals surface area contributed by atoms with E-state index >= 15 is 0 Å². The van der Waals surface area contributed by atoms with E-state index in [1.165, 1.54) is 0 Å². The zero-order chi connectivity index (χ0) is 17.7. The van der Waals surface area contributed by atoms with Crippen molar-refractivity contribution in [2.45, 2.75) is 0 Å². The van der Waals surface area contributed by atoms with E-state index in [1.54, 1.807) is 42.5 Å². The second-order valence-electron chi connectivity index (χ2n) is 4.71. The molecule has 0 bridgehead atoms. The number of hydrogen-bond acceptors (Lipinski definition) is 2. The highest BCUT2D eigenvalue weighted by molar-refractivity contribution is 6.37. The molecule has 0 aliphatic rings. The van der Waals surface area contributed by atoms with Crippen LogP contribution >= 0.6 is 46.4 Å². The molecule has 2 nitrogen and oxygen atoms in total. The lowest BCUT2D eigenvalue weighted by atomic mass is 10.0. The van der Waals surface area contributed by atoms with Crippen LogP contribution in [0.3, 0.4) is 0 Å². The van der Waals surface area contributed by atoms with E-state index in [1.807, 2.05) is 0 Å². The number of allylic oxidation sites excluding steroid dienone is 1. The molecule has 2 aromatic carbocycles. The van der Waals surface area contributed by atoms with Crippen molar-refractivity contribution in [2.75, 3.05) is 6.61 Å². The van der Waals surface area contributed by atoms with Gasteiger partial charge in [0.1, 0.15) is 6.61 Å². The largest absolute Gasteiger partial charge is 0.486 e. The predicted octanol–water partition coefficient (Wildman–Crippen LogP) is 6.93. The maximum atomic E-state index is 9.43. The van der Waals surface area contributed by atoms with E-state index < -0.39 is 0 Å². The van der Waals surface area contributed by atoms with Crippen molar-refractivity contribution in [3.05, 3.63) is 74.2 Å². The quantitative estimate of drug-likeness (QED) is 0.310. The van der Waals surface area contributed by atoms with Crippen molar-refractivity contribution in [3.8, 4) is 11.8 Å². The fraction of sp³-hybridized carbons (Fsp3) is 0.0556. The zero-order valence-electron chi connectivity index (χ0n) is 12.3. The molecule has 0 saturated heterocycles. The fourth-order valence-corrected chi connectivity index (χ4v) is 3.11. The molecule has 2 rings (SSSR count). The van der Waals surface area contributed by atoms with Gasteiger partial charge in [0, 0.05) is 10.6 Å². The molecule has 24 heavy (non-hydrogen) atoms. The maximum Gasteiger partial charge on any atom is 0.156 e. The molecule has 0 N–H and O–H groups in total. The van der Waals surface area contributed by atoms with Crippen molar-refractivity contribution < 1.29 is 4.74 Å². The third kappa shape index (κ3) is 4.47. The second-order valence-corrected chi connectivity index (χ2v) is 6.37. The van der Waals surface area contributed by atoms with Gasteiger partial charge in [-0.1, -0.05) is 65.1 Å². The van der Waals surface area contributed by atoms with Crippen molar-refractivity contribution in [1.29, 1.82) is 5.26 Å². The van der Waals surface area contributed by atoms with Crippen LogP contribution in [0.2, 0.25) is 20.1 Å². The number of nitriles is 1. The monoisotopic (exact) mass is 397 g/mol. The first-order chi connectivity index (χ1) is 11.5. The Bertz CT molecular complexity index is 830. The minimum absolute atomic E-state index is 0.290. The Balaban J connectivity index is 2.45. The van der Waals surface area contributed by atoms with Gasteiger partial charge in [-0.3, -0.25) is 0 Å². The minimum atomic E-state index is 0.290. The summed E-state index contributed by atoms with van der Waals surface area (Å²) in [7, 11) is 0. The number of benzene rings is 2. The summed E-state index contributed by atoms with van der Waals surface area (Å²) in [5.41, 5.74) is 1.59. The molecule has 0 spiro atoms. The van der Waals surface area contributed by atoms with Crippen LogP contribution in [0.1, 0.15) is 11.1 Å². The summed E-state index contributed by atoms with van der Waals surface area (Å²) in [6, 6.07) is 10.4. The Morgan fingerprint density at radius 3 is 2.29 bits per heavy atom. The molecule has 0 saturated carbocycles. The van der Waals surface area contributed by atoms with Gasteiger partial charge in [0.15, 0.2) is 5.75 Å². The number of nitrogens with zero attached hydrogens (tertiary/aromatic N) is 1.